The molecule has 108 valence electrons. The summed E-state index contributed by atoms with van der Waals surface area (Å²) in [5, 5.41) is 12.7. The first-order valence-electron chi connectivity index (χ1n) is 7.29. The summed E-state index contributed by atoms with van der Waals surface area (Å²) in [6.07, 6.45) is 4.16. The lowest BCUT2D eigenvalue weighted by atomic mass is 9.95. The maximum absolute atomic E-state index is 12.0. The summed E-state index contributed by atoms with van der Waals surface area (Å²) in [7, 11) is 0. The van der Waals surface area contributed by atoms with Crippen LogP contribution in [-0.2, 0) is 9.59 Å². The van der Waals surface area contributed by atoms with E-state index in [1.807, 2.05) is 0 Å². The maximum atomic E-state index is 12.0. The van der Waals surface area contributed by atoms with Gasteiger partial charge >= 0.3 is 0 Å². The number of aliphatic hydroxyl groups is 1. The Morgan fingerprint density at radius 1 is 1.21 bits per heavy atom. The first-order valence-corrected chi connectivity index (χ1v) is 7.29. The maximum Gasteiger partial charge on any atom is 0.223 e. The first-order chi connectivity index (χ1) is 9.08. The largest absolute Gasteiger partial charge is 0.393 e. The van der Waals surface area contributed by atoms with Gasteiger partial charge in [-0.05, 0) is 25.7 Å². The summed E-state index contributed by atoms with van der Waals surface area (Å²) in [5.41, 5.74) is 0. The van der Waals surface area contributed by atoms with E-state index in [0.717, 1.165) is 32.1 Å². The van der Waals surface area contributed by atoms with Crippen LogP contribution in [0.2, 0.25) is 0 Å². The van der Waals surface area contributed by atoms with Crippen LogP contribution in [0.4, 0.5) is 0 Å². The van der Waals surface area contributed by atoms with Gasteiger partial charge in [-0.25, -0.2) is 0 Å². The predicted molar refractivity (Wildman–Crippen MR) is 71.3 cm³/mol. The molecule has 0 radical (unpaired) electrons. The highest BCUT2D eigenvalue weighted by atomic mass is 16.3. The number of rotatable bonds is 3. The fourth-order valence-electron chi connectivity index (χ4n) is 3.09. The van der Waals surface area contributed by atoms with Gasteiger partial charge in [0.2, 0.25) is 11.8 Å². The van der Waals surface area contributed by atoms with Crippen LogP contribution in [0.3, 0.4) is 0 Å². The van der Waals surface area contributed by atoms with Crippen LogP contribution in [-0.4, -0.2) is 47.6 Å². The molecule has 1 aliphatic heterocycles. The zero-order chi connectivity index (χ0) is 13.8. The van der Waals surface area contributed by atoms with Crippen LogP contribution in [0.25, 0.3) is 0 Å². The zero-order valence-corrected chi connectivity index (χ0v) is 11.6. The molecule has 2 aliphatic rings. The number of hydrogen-bond acceptors (Lipinski definition) is 3. The van der Waals surface area contributed by atoms with Crippen LogP contribution in [0.1, 0.15) is 39.0 Å². The van der Waals surface area contributed by atoms with E-state index in [2.05, 4.69) is 5.32 Å². The van der Waals surface area contributed by atoms with Gasteiger partial charge in [0.15, 0.2) is 0 Å². The van der Waals surface area contributed by atoms with Crippen molar-refractivity contribution in [3.8, 4) is 0 Å². The average molecular weight is 268 g/mol. The summed E-state index contributed by atoms with van der Waals surface area (Å²) in [5.74, 6) is 0.422. The van der Waals surface area contributed by atoms with Crippen molar-refractivity contribution >= 4 is 11.8 Å². The van der Waals surface area contributed by atoms with Crippen molar-refractivity contribution in [3.63, 3.8) is 0 Å². The molecule has 0 aromatic heterocycles. The Balaban J connectivity index is 1.71. The number of carbonyl (C=O) groups excluding carboxylic acids is 2. The number of carbonyl (C=O) groups is 2. The first kappa shape index (κ1) is 14.3. The smallest absolute Gasteiger partial charge is 0.223 e. The summed E-state index contributed by atoms with van der Waals surface area (Å²) >= 11 is 0. The zero-order valence-electron chi connectivity index (χ0n) is 11.6. The molecule has 1 saturated heterocycles. The second kappa shape index (κ2) is 6.37. The van der Waals surface area contributed by atoms with Crippen molar-refractivity contribution in [1.29, 1.82) is 0 Å². The third-order valence-corrected chi connectivity index (χ3v) is 4.47. The highest BCUT2D eigenvalue weighted by molar-refractivity contribution is 5.79. The summed E-state index contributed by atoms with van der Waals surface area (Å²) in [6.45, 7) is 3.52. The van der Waals surface area contributed by atoms with Crippen molar-refractivity contribution in [1.82, 2.24) is 10.2 Å². The van der Waals surface area contributed by atoms with Crippen molar-refractivity contribution in [2.45, 2.75) is 45.1 Å². The minimum Gasteiger partial charge on any atom is -0.393 e. The van der Waals surface area contributed by atoms with Crippen LogP contribution in [0, 0.1) is 11.8 Å². The van der Waals surface area contributed by atoms with Gasteiger partial charge in [0.05, 0.1) is 6.10 Å². The molecule has 2 atom stereocenters. The number of nitrogens with zero attached hydrogens (tertiary/aromatic N) is 1. The SMILES string of the molecule is CC(=O)N1CCC(C(=O)NCC2CCCC2O)CC1. The lowest BCUT2D eigenvalue weighted by Crippen LogP contribution is -2.43. The molecule has 0 aromatic rings. The Labute approximate surface area is 114 Å². The van der Waals surface area contributed by atoms with Crippen molar-refractivity contribution < 1.29 is 14.7 Å². The van der Waals surface area contributed by atoms with Crippen LogP contribution < -0.4 is 5.32 Å². The molecule has 5 heteroatoms. The van der Waals surface area contributed by atoms with E-state index in [1.54, 1.807) is 11.8 Å². The standard InChI is InChI=1S/C14H24N2O3/c1-10(17)16-7-5-11(6-8-16)14(19)15-9-12-3-2-4-13(12)18/h11-13,18H,2-9H2,1H3,(H,15,19). The van der Waals surface area contributed by atoms with Gasteiger partial charge < -0.3 is 15.3 Å². The molecule has 5 nitrogen and oxygen atoms in total. The Morgan fingerprint density at radius 3 is 2.42 bits per heavy atom. The third kappa shape index (κ3) is 3.69. The Hall–Kier alpha value is -1.10. The van der Waals surface area contributed by atoms with Crippen molar-refractivity contribution in [2.75, 3.05) is 19.6 Å². The van der Waals surface area contributed by atoms with E-state index in [9.17, 15) is 14.7 Å². The quantitative estimate of drug-likeness (QED) is 0.784. The van der Waals surface area contributed by atoms with E-state index in [0.29, 0.717) is 19.6 Å². The van der Waals surface area contributed by atoms with Crippen LogP contribution >= 0.6 is 0 Å². The molecule has 2 unspecified atom stereocenters. The molecule has 0 spiro atoms. The molecule has 1 aliphatic carbocycles. The summed E-state index contributed by atoms with van der Waals surface area (Å²) in [6, 6.07) is 0. The number of piperidine rings is 1. The van der Waals surface area contributed by atoms with E-state index in [4.69, 9.17) is 0 Å². The Bertz CT molecular complexity index is 338. The number of aliphatic hydroxyl groups excluding tert-OH is 1. The van der Waals surface area contributed by atoms with Gasteiger partial charge in [0.25, 0.3) is 0 Å². The summed E-state index contributed by atoms with van der Waals surface area (Å²) in [4.78, 5) is 25.0. The van der Waals surface area contributed by atoms with Crippen LogP contribution in [0.5, 0.6) is 0 Å². The molecule has 2 N–H and O–H groups in total. The highest BCUT2D eigenvalue weighted by Crippen LogP contribution is 2.25. The topological polar surface area (TPSA) is 69.6 Å². The molecular weight excluding hydrogens is 244 g/mol. The lowest BCUT2D eigenvalue weighted by Gasteiger charge is -2.30. The van der Waals surface area contributed by atoms with E-state index in [1.165, 1.54) is 0 Å². The van der Waals surface area contributed by atoms with E-state index in [-0.39, 0.29) is 29.8 Å². The molecule has 2 rings (SSSR count). The lowest BCUT2D eigenvalue weighted by molar-refractivity contribution is -0.134. The molecule has 1 heterocycles. The molecule has 2 fully saturated rings. The van der Waals surface area contributed by atoms with Crippen molar-refractivity contribution in [3.05, 3.63) is 0 Å². The van der Waals surface area contributed by atoms with Gasteiger partial charge in [-0.2, -0.15) is 0 Å². The number of amides is 2. The van der Waals surface area contributed by atoms with Gasteiger partial charge in [-0.3, -0.25) is 9.59 Å². The second-order valence-corrected chi connectivity index (χ2v) is 5.78. The molecule has 0 bridgehead atoms. The molecule has 19 heavy (non-hydrogen) atoms. The minimum atomic E-state index is -0.250. The van der Waals surface area contributed by atoms with Gasteiger partial charge in [0, 0.05) is 38.4 Å². The van der Waals surface area contributed by atoms with Gasteiger partial charge in [0.1, 0.15) is 0 Å². The highest BCUT2D eigenvalue weighted by Gasteiger charge is 2.28. The van der Waals surface area contributed by atoms with Crippen molar-refractivity contribution in [2.24, 2.45) is 11.8 Å². The predicted octanol–water partition coefficient (Wildman–Crippen LogP) is 0.522. The average Bonchev–Trinajstić information content (AvgIpc) is 2.81. The summed E-state index contributed by atoms with van der Waals surface area (Å²) < 4.78 is 0. The Morgan fingerprint density at radius 2 is 1.89 bits per heavy atom. The minimum absolute atomic E-state index is 0.0224. The number of likely N-dealkylation sites (tertiary alicyclic amines) is 1. The second-order valence-electron chi connectivity index (χ2n) is 5.78. The molecule has 1 saturated carbocycles. The van der Waals surface area contributed by atoms with Gasteiger partial charge in [-0.15, -0.1) is 0 Å². The fraction of sp³-hybridized carbons (Fsp3) is 0.857. The van der Waals surface area contributed by atoms with Gasteiger partial charge in [-0.1, -0.05) is 6.42 Å². The Kier molecular flexibility index (Phi) is 4.80. The monoisotopic (exact) mass is 268 g/mol. The third-order valence-electron chi connectivity index (χ3n) is 4.47. The molecule has 0 aromatic carbocycles. The van der Waals surface area contributed by atoms with E-state index >= 15 is 0 Å². The number of hydrogen-bond donors (Lipinski definition) is 2. The van der Waals surface area contributed by atoms with Crippen LogP contribution in [0.15, 0.2) is 0 Å². The fourth-order valence-corrected chi connectivity index (χ4v) is 3.09. The van der Waals surface area contributed by atoms with E-state index < -0.39 is 0 Å². The number of nitrogens with one attached hydrogen (secondary N) is 1. The molecule has 2 amide bonds. The molecular formula is C14H24N2O3. The normalized spacial score (nSPS) is 28.4.